The van der Waals surface area contributed by atoms with Gasteiger partial charge in [0.15, 0.2) is 0 Å². The number of likely N-dealkylation sites (N-methyl/N-ethyl adjacent to an activating group) is 1. The molecule has 2 aromatic heterocycles. The van der Waals surface area contributed by atoms with Crippen LogP contribution in [0, 0.1) is 0 Å². The molecule has 0 aliphatic carbocycles. The van der Waals surface area contributed by atoms with Crippen LogP contribution in [0.15, 0.2) is 67.0 Å². The maximum absolute atomic E-state index is 12.9. The number of carbonyl (C=O) groups is 1. The molecule has 1 aliphatic rings. The minimum absolute atomic E-state index is 0.189. The van der Waals surface area contributed by atoms with Crippen molar-refractivity contribution < 1.29 is 9.53 Å². The number of aromatic amines is 1. The number of piperazine rings is 1. The van der Waals surface area contributed by atoms with Crippen molar-refractivity contribution in [2.45, 2.75) is 0 Å². The minimum atomic E-state index is -0.189. The molecule has 1 fully saturated rings. The average molecular weight is 541 g/mol. The van der Waals surface area contributed by atoms with E-state index in [9.17, 15) is 4.79 Å². The van der Waals surface area contributed by atoms with Crippen molar-refractivity contribution in [1.82, 2.24) is 24.8 Å². The van der Waals surface area contributed by atoms with Crippen molar-refractivity contribution >= 4 is 39.8 Å². The third-order valence-electron chi connectivity index (χ3n) is 7.05. The van der Waals surface area contributed by atoms with E-state index in [1.807, 2.05) is 67.7 Å². The number of rotatable bonds is 9. The number of ether oxygens (including phenoxy) is 1. The molecule has 0 radical (unpaired) electrons. The number of benzene rings is 2. The molecule has 4 aromatic rings. The number of nitrogens with zero attached hydrogens (tertiary/aromatic N) is 5. The number of H-pyrrole nitrogens is 1. The third kappa shape index (κ3) is 6.24. The Kier molecular flexibility index (Phi) is 8.28. The van der Waals surface area contributed by atoms with Gasteiger partial charge in [0, 0.05) is 87.8 Å². The maximum atomic E-state index is 12.9. The summed E-state index contributed by atoms with van der Waals surface area (Å²) in [5, 5.41) is 7.41. The van der Waals surface area contributed by atoms with Gasteiger partial charge in [-0.2, -0.15) is 0 Å². The summed E-state index contributed by atoms with van der Waals surface area (Å²) in [4.78, 5) is 31.9. The molecule has 40 heavy (non-hydrogen) atoms. The summed E-state index contributed by atoms with van der Waals surface area (Å²) in [6.45, 7) is 4.85. The van der Waals surface area contributed by atoms with Crippen LogP contribution < -0.4 is 20.3 Å². The molecule has 0 spiro atoms. The highest BCUT2D eigenvalue weighted by Gasteiger charge is 2.16. The van der Waals surface area contributed by atoms with Crippen LogP contribution in [0.4, 0.5) is 23.0 Å². The van der Waals surface area contributed by atoms with Gasteiger partial charge in [-0.3, -0.25) is 9.69 Å². The van der Waals surface area contributed by atoms with Crippen molar-refractivity contribution in [1.29, 1.82) is 0 Å². The number of hydrogen-bond acceptors (Lipinski definition) is 8. The first-order valence-electron chi connectivity index (χ1n) is 13.4. The summed E-state index contributed by atoms with van der Waals surface area (Å²) >= 11 is 0. The molecule has 1 amide bonds. The number of anilines is 4. The van der Waals surface area contributed by atoms with Gasteiger partial charge in [-0.25, -0.2) is 9.97 Å². The highest BCUT2D eigenvalue weighted by Crippen LogP contribution is 2.38. The lowest BCUT2D eigenvalue weighted by Gasteiger charge is -2.31. The average Bonchev–Trinajstić information content (AvgIpc) is 3.39. The van der Waals surface area contributed by atoms with Gasteiger partial charge in [0.2, 0.25) is 11.9 Å². The Labute approximate surface area is 234 Å². The second-order valence-electron chi connectivity index (χ2n) is 10.1. The van der Waals surface area contributed by atoms with Crippen LogP contribution in [-0.4, -0.2) is 91.6 Å². The summed E-state index contributed by atoms with van der Waals surface area (Å²) in [6.07, 6.45) is 7.20. The number of nitrogens with one attached hydrogen (secondary N) is 3. The first-order valence-corrected chi connectivity index (χ1v) is 13.4. The van der Waals surface area contributed by atoms with Crippen LogP contribution in [0.2, 0.25) is 0 Å². The molecular weight excluding hydrogens is 504 g/mol. The number of para-hydroxylation sites is 1. The Morgan fingerprint density at radius 3 is 2.70 bits per heavy atom. The highest BCUT2D eigenvalue weighted by atomic mass is 16.5. The minimum Gasteiger partial charge on any atom is -0.494 e. The van der Waals surface area contributed by atoms with Crippen molar-refractivity contribution in [2.75, 3.05) is 76.5 Å². The SMILES string of the molecule is COc1cc(N(C)C)c(NC(=O)/C=C/CN2CCN(C)CC2)cc1Nc1nccc(-c2c[nH]c3ccccc23)n1. The van der Waals surface area contributed by atoms with Crippen molar-refractivity contribution in [3.8, 4) is 17.0 Å². The summed E-state index contributed by atoms with van der Waals surface area (Å²) in [5.74, 6) is 0.836. The van der Waals surface area contributed by atoms with Crippen molar-refractivity contribution in [2.24, 2.45) is 0 Å². The largest absolute Gasteiger partial charge is 0.494 e. The second kappa shape index (κ2) is 12.2. The Morgan fingerprint density at radius 1 is 1.12 bits per heavy atom. The summed E-state index contributed by atoms with van der Waals surface area (Å²) in [7, 11) is 7.60. The van der Waals surface area contributed by atoms with E-state index >= 15 is 0 Å². The highest BCUT2D eigenvalue weighted by molar-refractivity contribution is 6.02. The van der Waals surface area contributed by atoms with Gasteiger partial charge >= 0.3 is 0 Å². The predicted molar refractivity (Wildman–Crippen MR) is 162 cm³/mol. The topological polar surface area (TPSA) is 102 Å². The molecule has 10 nitrogen and oxygen atoms in total. The summed E-state index contributed by atoms with van der Waals surface area (Å²) < 4.78 is 5.68. The van der Waals surface area contributed by atoms with Crippen LogP contribution in [-0.2, 0) is 4.79 Å². The predicted octanol–water partition coefficient (Wildman–Crippen LogP) is 4.19. The van der Waals surface area contributed by atoms with Crippen molar-refractivity contribution in [3.05, 3.63) is 67.0 Å². The summed E-state index contributed by atoms with van der Waals surface area (Å²) in [5.41, 5.74) is 4.93. The fourth-order valence-corrected chi connectivity index (χ4v) is 4.79. The maximum Gasteiger partial charge on any atom is 0.248 e. The Morgan fingerprint density at radius 2 is 1.93 bits per heavy atom. The first-order chi connectivity index (χ1) is 19.4. The molecule has 1 saturated heterocycles. The van der Waals surface area contributed by atoms with E-state index in [4.69, 9.17) is 9.72 Å². The third-order valence-corrected chi connectivity index (χ3v) is 7.05. The normalized spacial score (nSPS) is 14.5. The van der Waals surface area contributed by atoms with Crippen LogP contribution in [0.3, 0.4) is 0 Å². The number of methoxy groups -OCH3 is 1. The Bertz CT molecular complexity index is 1500. The van der Waals surface area contributed by atoms with E-state index in [1.165, 1.54) is 0 Å². The molecule has 0 saturated carbocycles. The van der Waals surface area contributed by atoms with Gasteiger partial charge in [-0.15, -0.1) is 0 Å². The fourth-order valence-electron chi connectivity index (χ4n) is 4.79. The van der Waals surface area contributed by atoms with E-state index in [0.717, 1.165) is 60.6 Å². The lowest BCUT2D eigenvalue weighted by molar-refractivity contribution is -0.111. The lowest BCUT2D eigenvalue weighted by Crippen LogP contribution is -2.44. The summed E-state index contributed by atoms with van der Waals surface area (Å²) in [6, 6.07) is 13.7. The molecule has 3 N–H and O–H groups in total. The molecule has 1 aliphatic heterocycles. The van der Waals surface area contributed by atoms with Gasteiger partial charge in [0.05, 0.1) is 29.9 Å². The lowest BCUT2D eigenvalue weighted by atomic mass is 10.1. The smallest absolute Gasteiger partial charge is 0.248 e. The molecule has 0 atom stereocenters. The molecule has 3 heterocycles. The first kappa shape index (κ1) is 27.2. The number of aromatic nitrogens is 3. The number of carbonyl (C=O) groups excluding carboxylic acids is 1. The van der Waals surface area contributed by atoms with E-state index in [1.54, 1.807) is 19.4 Å². The molecule has 10 heteroatoms. The van der Waals surface area contributed by atoms with Gasteiger partial charge in [-0.1, -0.05) is 24.3 Å². The quantitative estimate of drug-likeness (QED) is 0.272. The second-order valence-corrected chi connectivity index (χ2v) is 10.1. The zero-order chi connectivity index (χ0) is 28.1. The molecule has 2 aromatic carbocycles. The van der Waals surface area contributed by atoms with E-state index in [-0.39, 0.29) is 5.91 Å². The van der Waals surface area contributed by atoms with Gasteiger partial charge in [0.1, 0.15) is 5.75 Å². The molecule has 208 valence electrons. The molecule has 0 bridgehead atoms. The van der Waals surface area contributed by atoms with E-state index < -0.39 is 0 Å². The number of amides is 1. The van der Waals surface area contributed by atoms with E-state index in [0.29, 0.717) is 23.1 Å². The zero-order valence-electron chi connectivity index (χ0n) is 23.4. The monoisotopic (exact) mass is 540 g/mol. The standard InChI is InChI=1S/C30H36N8O2/c1-36(2)27-19-28(40-4)26(18-25(27)33-29(39)10-7-13-38-16-14-37(3)15-17-38)35-30-31-12-11-24(34-30)22-20-32-23-9-6-5-8-21(22)23/h5-12,18-20,32H,13-17H2,1-4H3,(H,33,39)(H,31,34,35)/b10-7+. The van der Waals surface area contributed by atoms with Gasteiger partial charge < -0.3 is 30.2 Å². The number of fused-ring (bicyclic) bond motifs is 1. The number of hydrogen-bond donors (Lipinski definition) is 3. The Hall–Kier alpha value is -4.41. The Balaban J connectivity index is 1.36. The van der Waals surface area contributed by atoms with Crippen LogP contribution in [0.1, 0.15) is 0 Å². The fraction of sp³-hybridized carbons (Fsp3) is 0.300. The van der Waals surface area contributed by atoms with Gasteiger partial charge in [0.25, 0.3) is 0 Å². The van der Waals surface area contributed by atoms with Gasteiger partial charge in [-0.05, 0) is 25.2 Å². The van der Waals surface area contributed by atoms with Crippen LogP contribution >= 0.6 is 0 Å². The van der Waals surface area contributed by atoms with Crippen LogP contribution in [0.5, 0.6) is 5.75 Å². The zero-order valence-corrected chi connectivity index (χ0v) is 23.4. The molecule has 5 rings (SSSR count). The molecular formula is C30H36N8O2. The van der Waals surface area contributed by atoms with Crippen molar-refractivity contribution in [3.63, 3.8) is 0 Å². The molecule has 0 unspecified atom stereocenters. The van der Waals surface area contributed by atoms with Crippen LogP contribution in [0.25, 0.3) is 22.2 Å². The van der Waals surface area contributed by atoms with E-state index in [2.05, 4.69) is 43.5 Å².